The molecule has 5 heteroatoms. The van der Waals surface area contributed by atoms with Crippen molar-refractivity contribution >= 4 is 11.6 Å². The van der Waals surface area contributed by atoms with Crippen molar-refractivity contribution in [2.75, 3.05) is 44.8 Å². The quantitative estimate of drug-likeness (QED) is 0.857. The lowest BCUT2D eigenvalue weighted by Gasteiger charge is -2.36. The minimum absolute atomic E-state index is 0.0443. The molecule has 0 saturated carbocycles. The maximum Gasteiger partial charge on any atom is 0.248 e. The van der Waals surface area contributed by atoms with Crippen molar-refractivity contribution in [2.45, 2.75) is 0 Å². The first kappa shape index (κ1) is 12.7. The standard InChI is InChI=1S/C13H18N2O3/c1-18-10-13(17)15-8-6-14(7-9-15)11-2-4-12(16)5-3-11/h2-5,16H,6-10H2,1H3. The summed E-state index contributed by atoms with van der Waals surface area (Å²) < 4.78 is 4.85. The molecule has 0 bridgehead atoms. The summed E-state index contributed by atoms with van der Waals surface area (Å²) in [5.41, 5.74) is 1.08. The Morgan fingerprint density at radius 3 is 2.39 bits per heavy atom. The molecule has 0 aliphatic carbocycles. The highest BCUT2D eigenvalue weighted by molar-refractivity contribution is 5.77. The Morgan fingerprint density at radius 1 is 1.22 bits per heavy atom. The van der Waals surface area contributed by atoms with E-state index in [0.717, 1.165) is 18.8 Å². The fourth-order valence-corrected chi connectivity index (χ4v) is 2.09. The fraction of sp³-hybridized carbons (Fsp3) is 0.462. The molecule has 0 aromatic heterocycles. The predicted octanol–water partition coefficient (Wildman–Crippen LogP) is 0.687. The van der Waals surface area contributed by atoms with Crippen molar-refractivity contribution in [1.29, 1.82) is 0 Å². The van der Waals surface area contributed by atoms with Crippen molar-refractivity contribution < 1.29 is 14.6 Å². The minimum atomic E-state index is 0.0443. The second-order valence-electron chi connectivity index (χ2n) is 4.32. The summed E-state index contributed by atoms with van der Waals surface area (Å²) in [7, 11) is 1.53. The lowest BCUT2D eigenvalue weighted by molar-refractivity contribution is -0.135. The number of aromatic hydroxyl groups is 1. The molecule has 1 aromatic rings. The summed E-state index contributed by atoms with van der Waals surface area (Å²) >= 11 is 0. The van der Waals surface area contributed by atoms with Gasteiger partial charge in [0.05, 0.1) is 0 Å². The van der Waals surface area contributed by atoms with E-state index in [1.54, 1.807) is 12.1 Å². The third-order valence-electron chi connectivity index (χ3n) is 3.12. The van der Waals surface area contributed by atoms with Crippen molar-refractivity contribution in [1.82, 2.24) is 4.90 Å². The first-order valence-electron chi connectivity index (χ1n) is 6.01. The zero-order valence-corrected chi connectivity index (χ0v) is 10.5. The van der Waals surface area contributed by atoms with E-state index in [1.807, 2.05) is 17.0 Å². The summed E-state index contributed by atoms with van der Waals surface area (Å²) in [5, 5.41) is 9.24. The number of ether oxygens (including phenoxy) is 1. The van der Waals surface area contributed by atoms with E-state index in [1.165, 1.54) is 7.11 Å². The molecule has 0 spiro atoms. The highest BCUT2D eigenvalue weighted by Gasteiger charge is 2.20. The van der Waals surface area contributed by atoms with Gasteiger partial charge in [-0.25, -0.2) is 0 Å². The SMILES string of the molecule is COCC(=O)N1CCN(c2ccc(O)cc2)CC1. The molecule has 1 aliphatic rings. The van der Waals surface area contributed by atoms with Crippen LogP contribution >= 0.6 is 0 Å². The van der Waals surface area contributed by atoms with Gasteiger partial charge >= 0.3 is 0 Å². The molecule has 98 valence electrons. The number of hydrogen-bond donors (Lipinski definition) is 1. The maximum absolute atomic E-state index is 11.6. The van der Waals surface area contributed by atoms with Crippen molar-refractivity contribution in [3.63, 3.8) is 0 Å². The average Bonchev–Trinajstić information content (AvgIpc) is 2.40. The summed E-state index contributed by atoms with van der Waals surface area (Å²) in [5.74, 6) is 0.315. The number of carbonyl (C=O) groups excluding carboxylic acids is 1. The number of phenolic OH excluding ortho intramolecular Hbond substituents is 1. The van der Waals surface area contributed by atoms with Crippen LogP contribution in [0.1, 0.15) is 0 Å². The molecule has 2 rings (SSSR count). The number of rotatable bonds is 3. The number of methoxy groups -OCH3 is 1. The zero-order chi connectivity index (χ0) is 13.0. The van der Waals surface area contributed by atoms with E-state index >= 15 is 0 Å². The van der Waals surface area contributed by atoms with E-state index in [-0.39, 0.29) is 18.3 Å². The van der Waals surface area contributed by atoms with Crippen LogP contribution in [0.25, 0.3) is 0 Å². The Morgan fingerprint density at radius 2 is 1.83 bits per heavy atom. The number of nitrogens with zero attached hydrogens (tertiary/aromatic N) is 2. The van der Waals surface area contributed by atoms with E-state index < -0.39 is 0 Å². The van der Waals surface area contributed by atoms with Gasteiger partial charge < -0.3 is 19.6 Å². The highest BCUT2D eigenvalue weighted by atomic mass is 16.5. The molecule has 5 nitrogen and oxygen atoms in total. The molecular weight excluding hydrogens is 232 g/mol. The zero-order valence-electron chi connectivity index (χ0n) is 10.5. The van der Waals surface area contributed by atoms with Crippen LogP contribution in [-0.2, 0) is 9.53 Å². The number of phenols is 1. The summed E-state index contributed by atoms with van der Waals surface area (Å²) in [6, 6.07) is 7.14. The Bertz CT molecular complexity index is 397. The van der Waals surface area contributed by atoms with E-state index in [4.69, 9.17) is 4.74 Å². The normalized spacial score (nSPS) is 15.8. The summed E-state index contributed by atoms with van der Waals surface area (Å²) in [4.78, 5) is 15.7. The molecule has 1 aliphatic heterocycles. The molecule has 1 amide bonds. The molecule has 0 unspecified atom stereocenters. The van der Waals surface area contributed by atoms with Crippen LogP contribution in [-0.4, -0.2) is 55.8 Å². The lowest BCUT2D eigenvalue weighted by atomic mass is 10.2. The number of anilines is 1. The van der Waals surface area contributed by atoms with Crippen molar-refractivity contribution in [3.8, 4) is 5.75 Å². The van der Waals surface area contributed by atoms with Crippen LogP contribution in [0.15, 0.2) is 24.3 Å². The van der Waals surface area contributed by atoms with Gasteiger partial charge in [0.25, 0.3) is 0 Å². The Kier molecular flexibility index (Phi) is 4.04. The topological polar surface area (TPSA) is 53.0 Å². The molecule has 0 atom stereocenters. The number of hydrogen-bond acceptors (Lipinski definition) is 4. The molecule has 1 aromatic carbocycles. The predicted molar refractivity (Wildman–Crippen MR) is 68.8 cm³/mol. The number of benzene rings is 1. The molecule has 1 heterocycles. The second kappa shape index (κ2) is 5.73. The summed E-state index contributed by atoms with van der Waals surface area (Å²) in [6.07, 6.45) is 0. The Hall–Kier alpha value is -1.75. The van der Waals surface area contributed by atoms with E-state index in [9.17, 15) is 9.90 Å². The van der Waals surface area contributed by atoms with Crippen LogP contribution < -0.4 is 4.90 Å². The maximum atomic E-state index is 11.6. The van der Waals surface area contributed by atoms with Crippen molar-refractivity contribution in [2.24, 2.45) is 0 Å². The molecule has 1 saturated heterocycles. The van der Waals surface area contributed by atoms with Crippen LogP contribution in [0.3, 0.4) is 0 Å². The fourth-order valence-electron chi connectivity index (χ4n) is 2.09. The third-order valence-corrected chi connectivity index (χ3v) is 3.12. The van der Waals surface area contributed by atoms with Crippen molar-refractivity contribution in [3.05, 3.63) is 24.3 Å². The van der Waals surface area contributed by atoms with Gasteiger partial charge in [-0.2, -0.15) is 0 Å². The van der Waals surface area contributed by atoms with E-state index in [2.05, 4.69) is 4.90 Å². The van der Waals surface area contributed by atoms with Gasteiger partial charge in [0.15, 0.2) is 0 Å². The highest BCUT2D eigenvalue weighted by Crippen LogP contribution is 2.19. The van der Waals surface area contributed by atoms with Gasteiger partial charge in [-0.05, 0) is 24.3 Å². The minimum Gasteiger partial charge on any atom is -0.508 e. The van der Waals surface area contributed by atoms with Gasteiger partial charge in [-0.3, -0.25) is 4.79 Å². The Balaban J connectivity index is 1.90. The number of carbonyl (C=O) groups is 1. The van der Waals surface area contributed by atoms with Crippen LogP contribution in [0.5, 0.6) is 5.75 Å². The molecule has 1 fully saturated rings. The smallest absolute Gasteiger partial charge is 0.248 e. The van der Waals surface area contributed by atoms with Gasteiger partial charge in [-0.1, -0.05) is 0 Å². The second-order valence-corrected chi connectivity index (χ2v) is 4.32. The monoisotopic (exact) mass is 250 g/mol. The van der Waals surface area contributed by atoms with Crippen LogP contribution in [0.2, 0.25) is 0 Å². The molecule has 0 radical (unpaired) electrons. The first-order chi connectivity index (χ1) is 8.70. The van der Waals surface area contributed by atoms with Crippen LogP contribution in [0.4, 0.5) is 5.69 Å². The molecular formula is C13H18N2O3. The third kappa shape index (κ3) is 2.92. The lowest BCUT2D eigenvalue weighted by Crippen LogP contribution is -2.49. The Labute approximate surface area is 107 Å². The number of piperazine rings is 1. The van der Waals surface area contributed by atoms with Gasteiger partial charge in [-0.15, -0.1) is 0 Å². The van der Waals surface area contributed by atoms with Gasteiger partial charge in [0, 0.05) is 39.0 Å². The number of amides is 1. The molecule has 18 heavy (non-hydrogen) atoms. The average molecular weight is 250 g/mol. The van der Waals surface area contributed by atoms with Gasteiger partial charge in [0.1, 0.15) is 12.4 Å². The molecule has 1 N–H and O–H groups in total. The van der Waals surface area contributed by atoms with Gasteiger partial charge in [0.2, 0.25) is 5.91 Å². The first-order valence-corrected chi connectivity index (χ1v) is 6.01. The largest absolute Gasteiger partial charge is 0.508 e. The summed E-state index contributed by atoms with van der Waals surface area (Å²) in [6.45, 7) is 3.19. The van der Waals surface area contributed by atoms with E-state index in [0.29, 0.717) is 13.1 Å². The van der Waals surface area contributed by atoms with Crippen LogP contribution in [0, 0.1) is 0 Å².